The van der Waals surface area contributed by atoms with Gasteiger partial charge in [-0.05, 0) is 68.3 Å². The van der Waals surface area contributed by atoms with Crippen molar-refractivity contribution in [2.45, 2.75) is 44.2 Å². The predicted octanol–water partition coefficient (Wildman–Crippen LogP) is 4.21. The van der Waals surface area contributed by atoms with Crippen LogP contribution in [0.2, 0.25) is 5.02 Å². The Labute approximate surface area is 211 Å². The minimum Gasteiger partial charge on any atom is -0.507 e. The zero-order chi connectivity index (χ0) is 24.6. The number of benzene rings is 2. The number of nitrogens with one attached hydrogen (secondary N) is 1. The lowest BCUT2D eigenvalue weighted by atomic mass is 9.73. The molecule has 2 aliphatic heterocycles. The first kappa shape index (κ1) is 23.9. The Kier molecular flexibility index (Phi) is 6.64. The molecule has 0 spiro atoms. The lowest BCUT2D eigenvalue weighted by Gasteiger charge is -2.41. The SMILES string of the molecule is COc1ccc(CN2CCC([C@]3(Cc4ccccc4Cl)NC(=O)N(CC4CC4)C3=O)CC2)c(O)c1. The average molecular weight is 498 g/mol. The molecule has 8 heteroatoms. The van der Waals surface area contributed by atoms with Gasteiger partial charge < -0.3 is 15.2 Å². The predicted molar refractivity (Wildman–Crippen MR) is 134 cm³/mol. The summed E-state index contributed by atoms with van der Waals surface area (Å²) in [7, 11) is 1.58. The summed E-state index contributed by atoms with van der Waals surface area (Å²) in [5, 5.41) is 14.1. The molecule has 0 aromatic heterocycles. The van der Waals surface area contributed by atoms with Crippen molar-refractivity contribution in [2.24, 2.45) is 11.8 Å². The number of rotatable bonds is 8. The number of phenolic OH excluding ortho intramolecular Hbond substituents is 1. The molecule has 0 bridgehead atoms. The Morgan fingerprint density at radius 3 is 2.49 bits per heavy atom. The maximum atomic E-state index is 13.8. The number of ether oxygens (including phenoxy) is 1. The Hall–Kier alpha value is -2.77. The molecule has 0 unspecified atom stereocenters. The summed E-state index contributed by atoms with van der Waals surface area (Å²) >= 11 is 6.49. The third kappa shape index (κ3) is 4.84. The van der Waals surface area contributed by atoms with Crippen molar-refractivity contribution in [3.05, 3.63) is 58.6 Å². The Morgan fingerprint density at radius 2 is 1.83 bits per heavy atom. The van der Waals surface area contributed by atoms with Crippen molar-refractivity contribution in [3.63, 3.8) is 0 Å². The van der Waals surface area contributed by atoms with Crippen LogP contribution in [0.15, 0.2) is 42.5 Å². The topological polar surface area (TPSA) is 82.1 Å². The smallest absolute Gasteiger partial charge is 0.325 e. The summed E-state index contributed by atoms with van der Waals surface area (Å²) < 4.78 is 5.18. The lowest BCUT2D eigenvalue weighted by molar-refractivity contribution is -0.134. The van der Waals surface area contributed by atoms with E-state index in [0.717, 1.165) is 49.9 Å². The van der Waals surface area contributed by atoms with Crippen molar-refractivity contribution >= 4 is 23.5 Å². The number of aromatic hydroxyl groups is 1. The lowest BCUT2D eigenvalue weighted by Crippen LogP contribution is -2.57. The van der Waals surface area contributed by atoms with Crippen LogP contribution in [0.1, 0.15) is 36.8 Å². The number of halogens is 1. The molecule has 2 N–H and O–H groups in total. The maximum absolute atomic E-state index is 13.8. The van der Waals surface area contributed by atoms with Gasteiger partial charge in [-0.25, -0.2) is 4.79 Å². The molecule has 2 aromatic carbocycles. The summed E-state index contributed by atoms with van der Waals surface area (Å²) in [6.45, 7) is 2.66. The van der Waals surface area contributed by atoms with Crippen LogP contribution >= 0.6 is 11.6 Å². The highest BCUT2D eigenvalue weighted by Gasteiger charge is 2.56. The van der Waals surface area contributed by atoms with Gasteiger partial charge in [-0.3, -0.25) is 14.6 Å². The van der Waals surface area contributed by atoms with Gasteiger partial charge in [0, 0.05) is 36.2 Å². The van der Waals surface area contributed by atoms with Crippen molar-refractivity contribution in [3.8, 4) is 11.5 Å². The van der Waals surface area contributed by atoms with Crippen molar-refractivity contribution < 1.29 is 19.4 Å². The normalized spacial score (nSPS) is 23.5. The van der Waals surface area contributed by atoms with Crippen molar-refractivity contribution in [1.29, 1.82) is 0 Å². The summed E-state index contributed by atoms with van der Waals surface area (Å²) in [5.41, 5.74) is 0.739. The maximum Gasteiger partial charge on any atom is 0.325 e. The minimum absolute atomic E-state index is 0.000130. The number of carbonyl (C=O) groups excluding carboxylic acids is 2. The molecule has 3 amide bonds. The summed E-state index contributed by atoms with van der Waals surface area (Å²) in [4.78, 5) is 30.5. The molecule has 3 aliphatic rings. The first-order valence-electron chi connectivity index (χ1n) is 12.4. The quantitative estimate of drug-likeness (QED) is 0.534. The van der Waals surface area contributed by atoms with Gasteiger partial charge in [0.25, 0.3) is 5.91 Å². The van der Waals surface area contributed by atoms with Gasteiger partial charge in [0.2, 0.25) is 0 Å². The number of amides is 3. The van der Waals surface area contributed by atoms with E-state index in [4.69, 9.17) is 16.3 Å². The number of hydrogen-bond donors (Lipinski definition) is 2. The average Bonchev–Trinajstić information content (AvgIpc) is 3.65. The number of methoxy groups -OCH3 is 1. The Bertz CT molecular complexity index is 1110. The number of piperidine rings is 1. The molecule has 2 saturated heterocycles. The van der Waals surface area contributed by atoms with Crippen LogP contribution in [-0.4, -0.2) is 59.1 Å². The molecule has 3 fully saturated rings. The van der Waals surface area contributed by atoms with Crippen LogP contribution in [0, 0.1) is 11.8 Å². The first-order chi connectivity index (χ1) is 16.9. The fraction of sp³-hybridized carbons (Fsp3) is 0.481. The second kappa shape index (κ2) is 9.70. The molecule has 186 valence electrons. The van der Waals surface area contributed by atoms with Gasteiger partial charge in [0.15, 0.2) is 0 Å². The molecule has 1 atom stereocenters. The minimum atomic E-state index is -0.981. The largest absolute Gasteiger partial charge is 0.507 e. The third-order valence-electron chi connectivity index (χ3n) is 7.74. The van der Waals surface area contributed by atoms with E-state index in [0.29, 0.717) is 36.2 Å². The summed E-state index contributed by atoms with van der Waals surface area (Å²) in [6.07, 6.45) is 4.08. The van der Waals surface area contributed by atoms with E-state index >= 15 is 0 Å². The first-order valence-corrected chi connectivity index (χ1v) is 12.7. The van der Waals surface area contributed by atoms with Crippen LogP contribution in [0.25, 0.3) is 0 Å². The fourth-order valence-corrected chi connectivity index (χ4v) is 5.68. The van der Waals surface area contributed by atoms with Gasteiger partial charge in [0.1, 0.15) is 17.0 Å². The van der Waals surface area contributed by atoms with Gasteiger partial charge in [-0.15, -0.1) is 0 Å². The molecule has 35 heavy (non-hydrogen) atoms. The molecule has 2 heterocycles. The van der Waals surface area contributed by atoms with E-state index in [1.54, 1.807) is 13.2 Å². The molecule has 5 rings (SSSR count). The molecule has 0 radical (unpaired) electrons. The molecule has 1 aliphatic carbocycles. The Morgan fingerprint density at radius 1 is 1.09 bits per heavy atom. The van der Waals surface area contributed by atoms with E-state index in [1.807, 2.05) is 36.4 Å². The second-order valence-electron chi connectivity index (χ2n) is 10.1. The van der Waals surface area contributed by atoms with Crippen LogP contribution < -0.4 is 10.1 Å². The summed E-state index contributed by atoms with van der Waals surface area (Å²) in [5.74, 6) is 1.16. The monoisotopic (exact) mass is 497 g/mol. The van der Waals surface area contributed by atoms with E-state index in [1.165, 1.54) is 4.90 Å². The summed E-state index contributed by atoms with van der Waals surface area (Å²) in [6, 6.07) is 12.6. The van der Waals surface area contributed by atoms with Crippen LogP contribution in [0.3, 0.4) is 0 Å². The zero-order valence-corrected chi connectivity index (χ0v) is 20.8. The number of hydrogen-bond acceptors (Lipinski definition) is 5. The van der Waals surface area contributed by atoms with Crippen LogP contribution in [0.5, 0.6) is 11.5 Å². The number of imide groups is 1. The molecular formula is C27H32ClN3O4. The number of urea groups is 1. The van der Waals surface area contributed by atoms with Crippen molar-refractivity contribution in [2.75, 3.05) is 26.7 Å². The van der Waals surface area contributed by atoms with Gasteiger partial charge in [0.05, 0.1) is 7.11 Å². The highest BCUT2D eigenvalue weighted by Crippen LogP contribution is 2.40. The van der Waals surface area contributed by atoms with E-state index < -0.39 is 5.54 Å². The highest BCUT2D eigenvalue weighted by molar-refractivity contribution is 6.31. The Balaban J connectivity index is 1.34. The molecule has 1 saturated carbocycles. The van der Waals surface area contributed by atoms with E-state index in [9.17, 15) is 14.7 Å². The fourth-order valence-electron chi connectivity index (χ4n) is 5.48. The second-order valence-corrected chi connectivity index (χ2v) is 10.5. The highest BCUT2D eigenvalue weighted by atomic mass is 35.5. The van der Waals surface area contributed by atoms with Gasteiger partial charge in [-0.2, -0.15) is 0 Å². The van der Waals surface area contributed by atoms with E-state index in [2.05, 4.69) is 10.2 Å². The third-order valence-corrected chi connectivity index (χ3v) is 8.11. The molecule has 2 aromatic rings. The number of likely N-dealkylation sites (tertiary alicyclic amines) is 1. The van der Waals surface area contributed by atoms with Crippen molar-refractivity contribution in [1.82, 2.24) is 15.1 Å². The molecule has 7 nitrogen and oxygen atoms in total. The number of phenols is 1. The standard InChI is InChI=1S/C27H32ClN3O4/c1-35-22-9-8-20(24(32)14-22)17-30-12-10-21(11-13-30)27(15-19-4-2-3-5-23(19)28)25(33)31(26(34)29-27)16-18-6-7-18/h2-5,8-9,14,18,21,32H,6-7,10-13,15-17H2,1H3,(H,29,34)/t27-/m0/s1. The number of carbonyl (C=O) groups is 2. The van der Waals surface area contributed by atoms with E-state index in [-0.39, 0.29) is 23.6 Å². The number of nitrogens with zero attached hydrogens (tertiary/aromatic N) is 2. The van der Waals surface area contributed by atoms with Crippen LogP contribution in [0.4, 0.5) is 4.79 Å². The van der Waals surface area contributed by atoms with Gasteiger partial charge >= 0.3 is 6.03 Å². The zero-order valence-electron chi connectivity index (χ0n) is 20.0. The van der Waals surface area contributed by atoms with Crippen LogP contribution in [-0.2, 0) is 17.8 Å². The van der Waals surface area contributed by atoms with Gasteiger partial charge in [-0.1, -0.05) is 35.9 Å². The molecular weight excluding hydrogens is 466 g/mol.